The van der Waals surface area contributed by atoms with Gasteiger partial charge in [-0.05, 0) is 35.4 Å². The van der Waals surface area contributed by atoms with E-state index in [1.807, 2.05) is 48.5 Å². The first-order valence-corrected chi connectivity index (χ1v) is 9.84. The molecule has 2 aromatic heterocycles. The van der Waals surface area contributed by atoms with Crippen LogP contribution in [0.1, 0.15) is 16.5 Å². The number of nitrogens with zero attached hydrogens (tertiary/aromatic N) is 4. The summed E-state index contributed by atoms with van der Waals surface area (Å²) in [5, 5.41) is 9.75. The first-order valence-electron chi connectivity index (χ1n) is 8.64. The first kappa shape index (κ1) is 19.0. The molecule has 0 fully saturated rings. The van der Waals surface area contributed by atoms with Gasteiger partial charge in [0, 0.05) is 16.6 Å². The number of aromatic nitrogens is 4. The van der Waals surface area contributed by atoms with Crippen LogP contribution in [-0.4, -0.2) is 19.7 Å². The molecule has 8 heteroatoms. The van der Waals surface area contributed by atoms with E-state index in [9.17, 15) is 0 Å². The molecule has 1 atom stereocenters. The number of halogens is 3. The second kappa shape index (κ2) is 8.35. The number of fused-ring (bicyclic) bond motifs is 1. The fraction of sp³-hybridized carbons (Fsp3) is 0.150. The van der Waals surface area contributed by atoms with Gasteiger partial charge in [0.05, 0.1) is 23.5 Å². The van der Waals surface area contributed by atoms with Crippen LogP contribution >= 0.6 is 34.8 Å². The van der Waals surface area contributed by atoms with E-state index in [-0.39, 0.29) is 5.38 Å². The van der Waals surface area contributed by atoms with Crippen molar-refractivity contribution < 1.29 is 0 Å². The Labute approximate surface area is 177 Å². The summed E-state index contributed by atoms with van der Waals surface area (Å²) in [5.74, 6) is 0.717. The zero-order valence-electron chi connectivity index (χ0n) is 14.7. The van der Waals surface area contributed by atoms with E-state index in [0.717, 1.165) is 22.2 Å². The average molecular weight is 433 g/mol. The molecule has 4 rings (SSSR count). The smallest absolute Gasteiger partial charge is 0.163 e. The van der Waals surface area contributed by atoms with Crippen LogP contribution in [0.5, 0.6) is 0 Å². The molecule has 4 aromatic rings. The van der Waals surface area contributed by atoms with E-state index < -0.39 is 0 Å². The molecule has 0 saturated carbocycles. The molecule has 0 radical (unpaired) electrons. The van der Waals surface area contributed by atoms with E-state index in [2.05, 4.69) is 20.4 Å². The minimum absolute atomic E-state index is 0.252. The lowest BCUT2D eigenvalue weighted by Crippen LogP contribution is -2.07. The van der Waals surface area contributed by atoms with Gasteiger partial charge in [0.2, 0.25) is 0 Å². The van der Waals surface area contributed by atoms with Crippen molar-refractivity contribution in [2.45, 2.75) is 18.5 Å². The number of hydrogen-bond acceptors (Lipinski definition) is 4. The molecular formula is C20H16Cl3N5. The van der Waals surface area contributed by atoms with Crippen molar-refractivity contribution in [3.63, 3.8) is 0 Å². The summed E-state index contributed by atoms with van der Waals surface area (Å²) in [6, 6.07) is 15.2. The fourth-order valence-corrected chi connectivity index (χ4v) is 3.54. The molecule has 0 saturated heterocycles. The maximum Gasteiger partial charge on any atom is 0.163 e. The lowest BCUT2D eigenvalue weighted by Gasteiger charge is -2.11. The normalized spacial score (nSPS) is 12.2. The minimum atomic E-state index is -0.252. The lowest BCUT2D eigenvalue weighted by molar-refractivity contribution is 0.615. The third kappa shape index (κ3) is 4.22. The second-order valence-electron chi connectivity index (χ2n) is 6.29. The predicted octanol–water partition coefficient (Wildman–Crippen LogP) is 5.73. The maximum absolute atomic E-state index is 6.57. The van der Waals surface area contributed by atoms with Gasteiger partial charge < -0.3 is 5.32 Å². The SMILES string of the molecule is Clc1ccc(C(Cl)Cn2ncc3c(NCc4cccc(Cl)c4)ncnc32)cc1. The summed E-state index contributed by atoms with van der Waals surface area (Å²) < 4.78 is 1.79. The number of alkyl halides is 1. The van der Waals surface area contributed by atoms with Crippen molar-refractivity contribution in [1.29, 1.82) is 0 Å². The Morgan fingerprint density at radius 1 is 1.00 bits per heavy atom. The Balaban J connectivity index is 1.53. The summed E-state index contributed by atoms with van der Waals surface area (Å²) in [4.78, 5) is 8.73. The van der Waals surface area contributed by atoms with Gasteiger partial charge in [-0.25, -0.2) is 14.6 Å². The quantitative estimate of drug-likeness (QED) is 0.396. The summed E-state index contributed by atoms with van der Waals surface area (Å²) >= 11 is 18.6. The average Bonchev–Trinajstić information content (AvgIpc) is 3.10. The lowest BCUT2D eigenvalue weighted by atomic mass is 10.1. The van der Waals surface area contributed by atoms with Gasteiger partial charge in [-0.15, -0.1) is 11.6 Å². The van der Waals surface area contributed by atoms with Gasteiger partial charge in [-0.3, -0.25) is 0 Å². The molecule has 28 heavy (non-hydrogen) atoms. The van der Waals surface area contributed by atoms with Crippen molar-refractivity contribution in [3.8, 4) is 0 Å². The van der Waals surface area contributed by atoms with Crippen LogP contribution in [0.4, 0.5) is 5.82 Å². The van der Waals surface area contributed by atoms with E-state index in [1.165, 1.54) is 6.33 Å². The third-order valence-electron chi connectivity index (χ3n) is 4.35. The predicted molar refractivity (Wildman–Crippen MR) is 114 cm³/mol. The number of hydrogen-bond donors (Lipinski definition) is 1. The Hall–Kier alpha value is -2.34. The van der Waals surface area contributed by atoms with E-state index in [0.29, 0.717) is 29.0 Å². The van der Waals surface area contributed by atoms with Gasteiger partial charge in [0.15, 0.2) is 5.65 Å². The molecule has 1 unspecified atom stereocenters. The standard InChI is InChI=1S/C20H16Cl3N5/c21-15-6-4-14(5-7-15)18(23)11-28-20-17(10-27-28)19(25-12-26-20)24-9-13-2-1-3-16(22)8-13/h1-8,10,12,18H,9,11H2,(H,24,25,26). The number of benzene rings is 2. The van der Waals surface area contributed by atoms with E-state index in [1.54, 1.807) is 10.9 Å². The molecule has 0 aliphatic carbocycles. The fourth-order valence-electron chi connectivity index (χ4n) is 2.93. The Kier molecular flexibility index (Phi) is 5.67. The zero-order chi connectivity index (χ0) is 19.5. The Morgan fingerprint density at radius 2 is 1.82 bits per heavy atom. The topological polar surface area (TPSA) is 55.6 Å². The largest absolute Gasteiger partial charge is 0.365 e. The second-order valence-corrected chi connectivity index (χ2v) is 7.69. The highest BCUT2D eigenvalue weighted by atomic mass is 35.5. The van der Waals surface area contributed by atoms with Gasteiger partial charge in [-0.2, -0.15) is 5.10 Å². The minimum Gasteiger partial charge on any atom is -0.365 e. The van der Waals surface area contributed by atoms with E-state index >= 15 is 0 Å². The number of nitrogens with one attached hydrogen (secondary N) is 1. The molecule has 0 bridgehead atoms. The summed E-state index contributed by atoms with van der Waals surface area (Å²) in [6.07, 6.45) is 3.27. The molecular weight excluding hydrogens is 417 g/mol. The molecule has 2 heterocycles. The Morgan fingerprint density at radius 3 is 2.61 bits per heavy atom. The number of anilines is 1. The van der Waals surface area contributed by atoms with Gasteiger partial charge in [0.25, 0.3) is 0 Å². The zero-order valence-corrected chi connectivity index (χ0v) is 17.0. The molecule has 2 aromatic carbocycles. The molecule has 5 nitrogen and oxygen atoms in total. The van der Waals surface area contributed by atoms with Crippen LogP contribution in [0.15, 0.2) is 61.1 Å². The van der Waals surface area contributed by atoms with E-state index in [4.69, 9.17) is 34.8 Å². The maximum atomic E-state index is 6.57. The van der Waals surface area contributed by atoms with Crippen LogP contribution < -0.4 is 5.32 Å². The van der Waals surface area contributed by atoms with Crippen molar-refractivity contribution in [2.75, 3.05) is 5.32 Å². The van der Waals surface area contributed by atoms with Crippen molar-refractivity contribution in [2.24, 2.45) is 0 Å². The Bertz CT molecular complexity index is 1090. The summed E-state index contributed by atoms with van der Waals surface area (Å²) in [7, 11) is 0. The van der Waals surface area contributed by atoms with Gasteiger partial charge in [-0.1, -0.05) is 47.5 Å². The van der Waals surface area contributed by atoms with Crippen molar-refractivity contribution in [3.05, 3.63) is 82.2 Å². The molecule has 0 spiro atoms. The molecule has 0 aliphatic heterocycles. The summed E-state index contributed by atoms with van der Waals surface area (Å²) in [5.41, 5.74) is 2.77. The van der Waals surface area contributed by atoms with Crippen LogP contribution in [0.3, 0.4) is 0 Å². The van der Waals surface area contributed by atoms with Crippen LogP contribution in [-0.2, 0) is 13.1 Å². The highest BCUT2D eigenvalue weighted by Crippen LogP contribution is 2.26. The number of rotatable bonds is 6. The van der Waals surface area contributed by atoms with Crippen molar-refractivity contribution in [1.82, 2.24) is 19.7 Å². The molecule has 0 aliphatic rings. The monoisotopic (exact) mass is 431 g/mol. The molecule has 1 N–H and O–H groups in total. The first-order chi connectivity index (χ1) is 13.6. The highest BCUT2D eigenvalue weighted by molar-refractivity contribution is 6.30. The molecule has 142 valence electrons. The van der Waals surface area contributed by atoms with Gasteiger partial charge in [0.1, 0.15) is 12.1 Å². The van der Waals surface area contributed by atoms with Crippen LogP contribution in [0.2, 0.25) is 10.0 Å². The molecule has 0 amide bonds. The summed E-state index contributed by atoms with van der Waals surface area (Å²) in [6.45, 7) is 1.08. The third-order valence-corrected chi connectivity index (χ3v) is 5.22. The highest BCUT2D eigenvalue weighted by Gasteiger charge is 2.14. The van der Waals surface area contributed by atoms with Crippen molar-refractivity contribution >= 4 is 51.7 Å². The van der Waals surface area contributed by atoms with Crippen LogP contribution in [0, 0.1) is 0 Å². The van der Waals surface area contributed by atoms with Crippen LogP contribution in [0.25, 0.3) is 11.0 Å². The van der Waals surface area contributed by atoms with Gasteiger partial charge >= 0.3 is 0 Å².